The number of hydrogen-bond acceptors (Lipinski definition) is 2. The van der Waals surface area contributed by atoms with E-state index >= 15 is 0 Å². The molecule has 0 atom stereocenters. The number of aryl methyl sites for hydroxylation is 1. The van der Waals surface area contributed by atoms with E-state index in [0.29, 0.717) is 5.02 Å². The van der Waals surface area contributed by atoms with Crippen LogP contribution in [0.2, 0.25) is 5.02 Å². The van der Waals surface area contributed by atoms with Crippen molar-refractivity contribution in [3.05, 3.63) is 34.3 Å². The number of nitrogens with zero attached hydrogens (tertiary/aromatic N) is 1. The molecule has 2 nitrogen and oxygen atoms in total. The van der Waals surface area contributed by atoms with Crippen molar-refractivity contribution < 1.29 is 5.21 Å². The highest BCUT2D eigenvalue weighted by Crippen LogP contribution is 2.16. The Bertz CT molecular complexity index is 263. The Morgan fingerprint density at radius 1 is 1.55 bits per heavy atom. The fourth-order valence-electron chi connectivity index (χ4n) is 0.866. The third-order valence-electron chi connectivity index (χ3n) is 1.46. The standard InChI is InChI=1S/C8H8ClNO/c1-6-3-2-4-8(9)7(6)5-10-11/h2-5,11H,1H3/b10-5+. The van der Waals surface area contributed by atoms with Gasteiger partial charge in [0.2, 0.25) is 0 Å². The van der Waals surface area contributed by atoms with E-state index in [0.717, 1.165) is 11.1 Å². The molecule has 1 rings (SSSR count). The largest absolute Gasteiger partial charge is 0.411 e. The lowest BCUT2D eigenvalue weighted by molar-refractivity contribution is 0.322. The minimum Gasteiger partial charge on any atom is -0.411 e. The van der Waals surface area contributed by atoms with Gasteiger partial charge in [-0.2, -0.15) is 0 Å². The first-order valence-corrected chi connectivity index (χ1v) is 3.56. The molecule has 1 aromatic rings. The fourth-order valence-corrected chi connectivity index (χ4v) is 1.14. The molecular weight excluding hydrogens is 162 g/mol. The van der Waals surface area contributed by atoms with Crippen molar-refractivity contribution in [3.8, 4) is 0 Å². The topological polar surface area (TPSA) is 32.6 Å². The monoisotopic (exact) mass is 169 g/mol. The molecule has 0 radical (unpaired) electrons. The summed E-state index contributed by atoms with van der Waals surface area (Å²) in [5.41, 5.74) is 1.76. The average Bonchev–Trinajstić information content (AvgIpc) is 1.97. The summed E-state index contributed by atoms with van der Waals surface area (Å²) in [5.74, 6) is 0. The highest BCUT2D eigenvalue weighted by Gasteiger charge is 1.98. The zero-order valence-electron chi connectivity index (χ0n) is 6.08. The van der Waals surface area contributed by atoms with Crippen LogP contribution in [-0.4, -0.2) is 11.4 Å². The van der Waals surface area contributed by atoms with Crippen molar-refractivity contribution in [1.82, 2.24) is 0 Å². The van der Waals surface area contributed by atoms with Crippen LogP contribution in [0.4, 0.5) is 0 Å². The van der Waals surface area contributed by atoms with Crippen LogP contribution in [0, 0.1) is 6.92 Å². The van der Waals surface area contributed by atoms with Crippen LogP contribution in [0.1, 0.15) is 11.1 Å². The molecule has 0 saturated carbocycles. The molecule has 0 aliphatic carbocycles. The maximum atomic E-state index is 8.28. The summed E-state index contributed by atoms with van der Waals surface area (Å²) in [6.45, 7) is 1.91. The average molecular weight is 170 g/mol. The zero-order valence-corrected chi connectivity index (χ0v) is 6.84. The molecule has 3 heteroatoms. The Hall–Kier alpha value is -1.02. The third-order valence-corrected chi connectivity index (χ3v) is 1.79. The second-order valence-electron chi connectivity index (χ2n) is 2.21. The van der Waals surface area contributed by atoms with E-state index in [2.05, 4.69) is 5.16 Å². The molecule has 0 aliphatic rings. The summed E-state index contributed by atoms with van der Waals surface area (Å²) in [6.07, 6.45) is 1.33. The van der Waals surface area contributed by atoms with Crippen molar-refractivity contribution in [3.63, 3.8) is 0 Å². The predicted molar refractivity (Wildman–Crippen MR) is 45.6 cm³/mol. The Morgan fingerprint density at radius 2 is 2.27 bits per heavy atom. The van der Waals surface area contributed by atoms with Crippen LogP contribution in [-0.2, 0) is 0 Å². The Kier molecular flexibility index (Phi) is 2.49. The zero-order chi connectivity index (χ0) is 8.27. The molecule has 0 aromatic heterocycles. The lowest BCUT2D eigenvalue weighted by Crippen LogP contribution is -1.87. The Labute approximate surface area is 70.1 Å². The molecule has 0 heterocycles. The van der Waals surface area contributed by atoms with Gasteiger partial charge in [-0.3, -0.25) is 0 Å². The fraction of sp³-hybridized carbons (Fsp3) is 0.125. The second kappa shape index (κ2) is 3.39. The number of halogens is 1. The van der Waals surface area contributed by atoms with Crippen LogP contribution in [0.5, 0.6) is 0 Å². The Morgan fingerprint density at radius 3 is 2.82 bits per heavy atom. The number of rotatable bonds is 1. The molecule has 0 spiro atoms. The summed E-state index contributed by atoms with van der Waals surface area (Å²) in [4.78, 5) is 0. The van der Waals surface area contributed by atoms with E-state index in [1.165, 1.54) is 6.21 Å². The van der Waals surface area contributed by atoms with Crippen molar-refractivity contribution >= 4 is 17.8 Å². The van der Waals surface area contributed by atoms with Gasteiger partial charge < -0.3 is 5.21 Å². The van der Waals surface area contributed by atoms with E-state index < -0.39 is 0 Å². The van der Waals surface area contributed by atoms with E-state index in [9.17, 15) is 0 Å². The molecule has 0 aliphatic heterocycles. The first-order chi connectivity index (χ1) is 5.25. The summed E-state index contributed by atoms with van der Waals surface area (Å²) in [6, 6.07) is 5.51. The molecule has 58 valence electrons. The summed E-state index contributed by atoms with van der Waals surface area (Å²) in [7, 11) is 0. The number of benzene rings is 1. The summed E-state index contributed by atoms with van der Waals surface area (Å²) in [5, 5.41) is 11.8. The van der Waals surface area contributed by atoms with E-state index in [1.807, 2.05) is 19.1 Å². The highest BCUT2D eigenvalue weighted by atomic mass is 35.5. The maximum absolute atomic E-state index is 8.28. The third kappa shape index (κ3) is 1.71. The lowest BCUT2D eigenvalue weighted by Gasteiger charge is -1.99. The quantitative estimate of drug-likeness (QED) is 0.391. The van der Waals surface area contributed by atoms with Crippen molar-refractivity contribution in [2.24, 2.45) is 5.16 Å². The van der Waals surface area contributed by atoms with Crippen LogP contribution < -0.4 is 0 Å². The van der Waals surface area contributed by atoms with Gasteiger partial charge in [-0.15, -0.1) is 0 Å². The summed E-state index contributed by atoms with van der Waals surface area (Å²) < 4.78 is 0. The maximum Gasteiger partial charge on any atom is 0.0751 e. The molecular formula is C8H8ClNO. The molecule has 0 amide bonds. The molecule has 1 aromatic carbocycles. The van der Waals surface area contributed by atoms with Gasteiger partial charge >= 0.3 is 0 Å². The van der Waals surface area contributed by atoms with Gasteiger partial charge in [0.05, 0.1) is 6.21 Å². The highest BCUT2D eigenvalue weighted by molar-refractivity contribution is 6.33. The lowest BCUT2D eigenvalue weighted by atomic mass is 10.1. The summed E-state index contributed by atoms with van der Waals surface area (Å²) >= 11 is 5.81. The molecule has 0 saturated heterocycles. The van der Waals surface area contributed by atoms with Gasteiger partial charge in [0.25, 0.3) is 0 Å². The Balaban J connectivity index is 3.20. The molecule has 0 bridgehead atoms. The second-order valence-corrected chi connectivity index (χ2v) is 2.62. The van der Waals surface area contributed by atoms with Crippen LogP contribution in [0.25, 0.3) is 0 Å². The van der Waals surface area contributed by atoms with Crippen molar-refractivity contribution in [2.75, 3.05) is 0 Å². The van der Waals surface area contributed by atoms with Gasteiger partial charge in [0.15, 0.2) is 0 Å². The van der Waals surface area contributed by atoms with Crippen molar-refractivity contribution in [1.29, 1.82) is 0 Å². The minimum atomic E-state index is 0.600. The minimum absolute atomic E-state index is 0.600. The SMILES string of the molecule is Cc1cccc(Cl)c1/C=N/O. The van der Waals surface area contributed by atoms with Gasteiger partial charge in [-0.25, -0.2) is 0 Å². The van der Waals surface area contributed by atoms with Gasteiger partial charge in [0, 0.05) is 10.6 Å². The first-order valence-electron chi connectivity index (χ1n) is 3.18. The van der Waals surface area contributed by atoms with Crippen LogP contribution >= 0.6 is 11.6 Å². The number of hydrogen-bond donors (Lipinski definition) is 1. The van der Waals surface area contributed by atoms with Crippen molar-refractivity contribution in [2.45, 2.75) is 6.92 Å². The predicted octanol–water partition coefficient (Wildman–Crippen LogP) is 2.46. The van der Waals surface area contributed by atoms with E-state index in [1.54, 1.807) is 6.07 Å². The molecule has 0 unspecified atom stereocenters. The van der Waals surface area contributed by atoms with Gasteiger partial charge in [-0.1, -0.05) is 28.9 Å². The molecule has 1 N–H and O–H groups in total. The van der Waals surface area contributed by atoms with Crippen LogP contribution in [0.3, 0.4) is 0 Å². The van der Waals surface area contributed by atoms with Gasteiger partial charge in [-0.05, 0) is 18.6 Å². The number of oxime groups is 1. The van der Waals surface area contributed by atoms with E-state index in [4.69, 9.17) is 16.8 Å². The van der Waals surface area contributed by atoms with E-state index in [-0.39, 0.29) is 0 Å². The van der Waals surface area contributed by atoms with Gasteiger partial charge in [0.1, 0.15) is 0 Å². The smallest absolute Gasteiger partial charge is 0.0751 e. The molecule has 11 heavy (non-hydrogen) atoms. The normalized spacial score (nSPS) is 10.7. The van der Waals surface area contributed by atoms with Crippen LogP contribution in [0.15, 0.2) is 23.4 Å². The first kappa shape index (κ1) is 8.08. The molecule has 0 fully saturated rings.